The van der Waals surface area contributed by atoms with Gasteiger partial charge in [-0.25, -0.2) is 4.98 Å². The molecule has 9 heteroatoms. The fourth-order valence-corrected chi connectivity index (χ4v) is 7.14. The molecule has 178 valence electrons. The number of thioether (sulfide) groups is 1. The van der Waals surface area contributed by atoms with Crippen LogP contribution in [0.4, 0.5) is 0 Å². The van der Waals surface area contributed by atoms with Crippen molar-refractivity contribution in [1.82, 2.24) is 20.4 Å². The van der Waals surface area contributed by atoms with Crippen LogP contribution in [0.5, 0.6) is 0 Å². The molecule has 0 radical (unpaired) electrons. The number of carbonyl (C=O) groups excluding carboxylic acids is 2. The van der Waals surface area contributed by atoms with Gasteiger partial charge in [0.25, 0.3) is 17.4 Å². The summed E-state index contributed by atoms with van der Waals surface area (Å²) < 4.78 is 1.86. The van der Waals surface area contributed by atoms with Crippen molar-refractivity contribution < 1.29 is 9.59 Å². The fraction of sp³-hybridized carbons (Fsp3) is 0.440. The van der Waals surface area contributed by atoms with E-state index < -0.39 is 5.25 Å². The van der Waals surface area contributed by atoms with Crippen LogP contribution in [0.15, 0.2) is 40.3 Å². The first-order valence-corrected chi connectivity index (χ1v) is 13.6. The molecule has 0 bridgehead atoms. The molecule has 5 rings (SSSR count). The Morgan fingerprint density at radius 3 is 2.59 bits per heavy atom. The predicted octanol–water partition coefficient (Wildman–Crippen LogP) is 4.39. The van der Waals surface area contributed by atoms with Crippen LogP contribution >= 0.6 is 23.1 Å². The highest BCUT2D eigenvalue weighted by molar-refractivity contribution is 8.00. The van der Waals surface area contributed by atoms with Gasteiger partial charge in [-0.2, -0.15) is 0 Å². The Morgan fingerprint density at radius 1 is 1.09 bits per heavy atom. The summed E-state index contributed by atoms with van der Waals surface area (Å²) in [5.41, 5.74) is 6.69. The van der Waals surface area contributed by atoms with E-state index in [-0.39, 0.29) is 23.4 Å². The average molecular weight is 497 g/mol. The van der Waals surface area contributed by atoms with Gasteiger partial charge in [-0.15, -0.1) is 11.3 Å². The number of benzene rings is 1. The Balaban J connectivity index is 1.39. The molecule has 1 unspecified atom stereocenters. The summed E-state index contributed by atoms with van der Waals surface area (Å²) >= 11 is 2.91. The Labute approximate surface area is 206 Å². The zero-order valence-corrected chi connectivity index (χ0v) is 20.8. The van der Waals surface area contributed by atoms with Gasteiger partial charge in [0.05, 0.1) is 10.6 Å². The summed E-state index contributed by atoms with van der Waals surface area (Å²) in [5.74, 6) is -0.718. The molecule has 2 aromatic heterocycles. The molecule has 1 atom stereocenters. The summed E-state index contributed by atoms with van der Waals surface area (Å²) in [6.07, 6.45) is 8.35. The lowest BCUT2D eigenvalue weighted by Crippen LogP contribution is -2.45. The lowest BCUT2D eigenvalue weighted by molar-refractivity contribution is -0.121. The first-order chi connectivity index (χ1) is 16.5. The maximum Gasteiger partial charge on any atom is 0.269 e. The van der Waals surface area contributed by atoms with Gasteiger partial charge in [-0.3, -0.25) is 29.8 Å². The highest BCUT2D eigenvalue weighted by atomic mass is 32.2. The van der Waals surface area contributed by atoms with Crippen LogP contribution < -0.4 is 16.4 Å². The van der Waals surface area contributed by atoms with Gasteiger partial charge in [0.1, 0.15) is 4.83 Å². The van der Waals surface area contributed by atoms with Crippen molar-refractivity contribution in [3.8, 4) is 0 Å². The minimum Gasteiger partial charge on any atom is -0.284 e. The quantitative estimate of drug-likeness (QED) is 0.310. The van der Waals surface area contributed by atoms with Crippen LogP contribution in [0.3, 0.4) is 0 Å². The van der Waals surface area contributed by atoms with Crippen molar-refractivity contribution in [3.05, 3.63) is 56.7 Å². The van der Waals surface area contributed by atoms with Crippen LogP contribution in [0.1, 0.15) is 72.3 Å². The number of hydrogen-bond acceptors (Lipinski definition) is 6. The monoisotopic (exact) mass is 496 g/mol. The topological polar surface area (TPSA) is 93.1 Å². The minimum absolute atomic E-state index is 0.0452. The molecule has 2 N–H and O–H groups in total. The van der Waals surface area contributed by atoms with E-state index in [0.29, 0.717) is 10.7 Å². The molecule has 0 aliphatic heterocycles. The summed E-state index contributed by atoms with van der Waals surface area (Å²) in [6.45, 7) is 1.77. The summed E-state index contributed by atoms with van der Waals surface area (Å²) in [5, 5.41) is 0.853. The molecule has 3 aromatic rings. The van der Waals surface area contributed by atoms with Crippen LogP contribution in [0.25, 0.3) is 10.2 Å². The molecular weight excluding hydrogens is 468 g/mol. The molecule has 2 aliphatic rings. The van der Waals surface area contributed by atoms with Gasteiger partial charge >= 0.3 is 0 Å². The number of thiophene rings is 1. The molecule has 0 saturated heterocycles. The Hall–Kier alpha value is -2.65. The number of aryl methyl sites for hydroxylation is 2. The number of hydrogen-bond donors (Lipinski definition) is 2. The number of carbonyl (C=O) groups is 2. The zero-order valence-electron chi connectivity index (χ0n) is 19.1. The van der Waals surface area contributed by atoms with E-state index in [4.69, 9.17) is 4.98 Å². The lowest BCUT2D eigenvalue weighted by Gasteiger charge is -2.20. The highest BCUT2D eigenvalue weighted by Crippen LogP contribution is 2.38. The smallest absolute Gasteiger partial charge is 0.269 e. The van der Waals surface area contributed by atoms with Gasteiger partial charge in [0, 0.05) is 16.5 Å². The van der Waals surface area contributed by atoms with Crippen molar-refractivity contribution >= 4 is 45.1 Å². The number of amides is 2. The van der Waals surface area contributed by atoms with E-state index in [1.54, 1.807) is 42.5 Å². The maximum atomic E-state index is 13.8. The average Bonchev–Trinajstić information content (AvgIpc) is 3.50. The molecular formula is C25H28N4O3S2. The SMILES string of the molecule is CC(Sc1nc2sc3c(c2c(=O)n1C1CCCC1)CCCC3)C(=O)NNC(=O)c1ccccc1. The molecule has 2 amide bonds. The molecule has 1 fully saturated rings. The molecule has 0 spiro atoms. The lowest BCUT2D eigenvalue weighted by atomic mass is 9.97. The van der Waals surface area contributed by atoms with Crippen LogP contribution in [0, 0.1) is 0 Å². The third-order valence-corrected chi connectivity index (χ3v) is 8.92. The van der Waals surface area contributed by atoms with Crippen molar-refractivity contribution in [2.45, 2.75) is 74.7 Å². The molecule has 1 saturated carbocycles. The minimum atomic E-state index is -0.539. The first-order valence-electron chi connectivity index (χ1n) is 11.9. The largest absolute Gasteiger partial charge is 0.284 e. The normalized spacial score (nSPS) is 16.9. The number of rotatable bonds is 5. The second-order valence-corrected chi connectivity index (χ2v) is 11.4. The van der Waals surface area contributed by atoms with Crippen molar-refractivity contribution in [2.24, 2.45) is 0 Å². The third kappa shape index (κ3) is 4.51. The van der Waals surface area contributed by atoms with Crippen LogP contribution in [-0.2, 0) is 17.6 Å². The zero-order chi connectivity index (χ0) is 23.7. The van der Waals surface area contributed by atoms with Gasteiger partial charge in [0.15, 0.2) is 5.16 Å². The number of nitrogens with zero attached hydrogens (tertiary/aromatic N) is 2. The van der Waals surface area contributed by atoms with Crippen molar-refractivity contribution in [1.29, 1.82) is 0 Å². The highest BCUT2D eigenvalue weighted by Gasteiger charge is 2.28. The van der Waals surface area contributed by atoms with E-state index in [1.165, 1.54) is 22.2 Å². The van der Waals surface area contributed by atoms with Crippen LogP contribution in [0.2, 0.25) is 0 Å². The van der Waals surface area contributed by atoms with E-state index in [9.17, 15) is 14.4 Å². The fourth-order valence-electron chi connectivity index (χ4n) is 4.86. The van der Waals surface area contributed by atoms with E-state index in [2.05, 4.69) is 10.9 Å². The van der Waals surface area contributed by atoms with Crippen LogP contribution in [-0.4, -0.2) is 26.6 Å². The van der Waals surface area contributed by atoms with Gasteiger partial charge in [-0.05, 0) is 63.1 Å². The summed E-state index contributed by atoms with van der Waals surface area (Å²) in [6, 6.07) is 8.84. The van der Waals surface area contributed by atoms with E-state index in [0.717, 1.165) is 61.6 Å². The predicted molar refractivity (Wildman–Crippen MR) is 135 cm³/mol. The number of aromatic nitrogens is 2. The van der Waals surface area contributed by atoms with Gasteiger partial charge in [0.2, 0.25) is 0 Å². The number of fused-ring (bicyclic) bond motifs is 3. The summed E-state index contributed by atoms with van der Waals surface area (Å²) in [7, 11) is 0. The van der Waals surface area contributed by atoms with Crippen molar-refractivity contribution in [3.63, 3.8) is 0 Å². The van der Waals surface area contributed by atoms with Gasteiger partial charge in [-0.1, -0.05) is 42.8 Å². The molecule has 2 heterocycles. The standard InChI is InChI=1S/C25H28N4O3S2/c1-15(21(30)27-28-22(31)16-9-3-2-4-10-16)33-25-26-23-20(18-13-7-8-14-19(18)34-23)24(32)29(25)17-11-5-6-12-17/h2-4,9-10,15,17H,5-8,11-14H2,1H3,(H,27,30)(H,28,31). The number of hydrazine groups is 1. The third-order valence-electron chi connectivity index (χ3n) is 6.67. The Bertz CT molecular complexity index is 1280. The maximum absolute atomic E-state index is 13.8. The Morgan fingerprint density at radius 2 is 1.82 bits per heavy atom. The molecule has 7 nitrogen and oxygen atoms in total. The molecule has 2 aliphatic carbocycles. The second-order valence-electron chi connectivity index (χ2n) is 8.97. The van der Waals surface area contributed by atoms with E-state index in [1.807, 2.05) is 10.6 Å². The molecule has 1 aromatic carbocycles. The molecule has 34 heavy (non-hydrogen) atoms. The first kappa shape index (κ1) is 23.1. The number of nitrogens with one attached hydrogen (secondary N) is 2. The van der Waals surface area contributed by atoms with E-state index >= 15 is 0 Å². The second kappa shape index (κ2) is 9.92. The summed E-state index contributed by atoms with van der Waals surface area (Å²) in [4.78, 5) is 45.8. The van der Waals surface area contributed by atoms with Gasteiger partial charge < -0.3 is 0 Å². The van der Waals surface area contributed by atoms with Crippen molar-refractivity contribution in [2.75, 3.05) is 0 Å². The Kier molecular flexibility index (Phi) is 6.74.